The standard InChI is InChI=1S/C39H25F3N6O2/c1-24-14-25(34-6-2-4-12-44-34)17-30(15-24)49-28-8-10-32-33-11-9-29(21-37(33)48(36(32)20-28)38-46-22-43-23-47-38)50-31-18-26(35-7-3-5-13-45-35)16-27(19-31)39(40,41)42/h2-23H,1H3. The predicted molar refractivity (Wildman–Crippen MR) is 183 cm³/mol. The number of aromatic nitrogens is 6. The van der Waals surface area contributed by atoms with Crippen molar-refractivity contribution in [3.05, 3.63) is 145 Å². The number of nitrogens with zero attached hydrogens (tertiary/aromatic N) is 6. The topological polar surface area (TPSA) is 87.8 Å². The van der Waals surface area contributed by atoms with Gasteiger partial charge in [0.15, 0.2) is 0 Å². The summed E-state index contributed by atoms with van der Waals surface area (Å²) in [5, 5.41) is 1.74. The number of benzene rings is 4. The summed E-state index contributed by atoms with van der Waals surface area (Å²) in [7, 11) is 0. The highest BCUT2D eigenvalue weighted by molar-refractivity contribution is 6.09. The van der Waals surface area contributed by atoms with Gasteiger partial charge in [0.25, 0.3) is 0 Å². The summed E-state index contributed by atoms with van der Waals surface area (Å²) in [6.45, 7) is 2.00. The molecule has 0 atom stereocenters. The molecule has 0 fully saturated rings. The molecule has 0 N–H and O–H groups in total. The van der Waals surface area contributed by atoms with Crippen LogP contribution in [0.3, 0.4) is 0 Å². The van der Waals surface area contributed by atoms with Gasteiger partial charge in [0, 0.05) is 46.4 Å². The second-order valence-corrected chi connectivity index (χ2v) is 11.5. The molecule has 4 aromatic carbocycles. The van der Waals surface area contributed by atoms with Crippen molar-refractivity contribution in [3.8, 4) is 51.5 Å². The molecule has 0 saturated carbocycles. The number of ether oxygens (including phenoxy) is 2. The zero-order valence-electron chi connectivity index (χ0n) is 26.3. The van der Waals surface area contributed by atoms with Crippen LogP contribution in [-0.4, -0.2) is 29.5 Å². The zero-order chi connectivity index (χ0) is 34.2. The van der Waals surface area contributed by atoms with Crippen LogP contribution in [0.1, 0.15) is 11.1 Å². The maximum absolute atomic E-state index is 13.9. The maximum atomic E-state index is 13.9. The molecular weight excluding hydrogens is 641 g/mol. The Morgan fingerprint density at radius 2 is 1.12 bits per heavy atom. The fourth-order valence-electron chi connectivity index (χ4n) is 5.93. The molecule has 0 radical (unpaired) electrons. The monoisotopic (exact) mass is 666 g/mol. The molecular formula is C39H25F3N6O2. The number of fused-ring (bicyclic) bond motifs is 3. The minimum absolute atomic E-state index is 0.0153. The minimum atomic E-state index is -4.59. The molecule has 0 amide bonds. The van der Waals surface area contributed by atoms with Crippen LogP contribution in [0.15, 0.2) is 134 Å². The van der Waals surface area contributed by atoms with E-state index in [4.69, 9.17) is 9.47 Å². The highest BCUT2D eigenvalue weighted by Crippen LogP contribution is 2.40. The first-order valence-corrected chi connectivity index (χ1v) is 15.5. The predicted octanol–water partition coefficient (Wildman–Crippen LogP) is 10.0. The van der Waals surface area contributed by atoms with Crippen molar-refractivity contribution in [3.63, 3.8) is 0 Å². The Labute approximate surface area is 283 Å². The summed E-state index contributed by atoms with van der Waals surface area (Å²) in [5.41, 5.74) is 4.03. The molecule has 8 nitrogen and oxygen atoms in total. The van der Waals surface area contributed by atoms with Crippen molar-refractivity contribution in [1.82, 2.24) is 29.5 Å². The van der Waals surface area contributed by atoms with Crippen LogP contribution in [0.25, 0.3) is 50.3 Å². The van der Waals surface area contributed by atoms with Crippen LogP contribution < -0.4 is 9.47 Å². The van der Waals surface area contributed by atoms with Crippen molar-refractivity contribution in [2.24, 2.45) is 0 Å². The van der Waals surface area contributed by atoms with Crippen LogP contribution in [0.4, 0.5) is 13.2 Å². The van der Waals surface area contributed by atoms with Gasteiger partial charge < -0.3 is 9.47 Å². The van der Waals surface area contributed by atoms with Crippen LogP contribution in [0.5, 0.6) is 23.0 Å². The van der Waals surface area contributed by atoms with Gasteiger partial charge >= 0.3 is 6.18 Å². The van der Waals surface area contributed by atoms with Gasteiger partial charge in [-0.2, -0.15) is 13.2 Å². The lowest BCUT2D eigenvalue weighted by atomic mass is 10.1. The third-order valence-electron chi connectivity index (χ3n) is 8.07. The Morgan fingerprint density at radius 3 is 1.66 bits per heavy atom. The van der Waals surface area contributed by atoms with E-state index < -0.39 is 11.7 Å². The summed E-state index contributed by atoms with van der Waals surface area (Å²) in [6, 6.07) is 31.4. The number of hydrogen-bond donors (Lipinski definition) is 0. The van der Waals surface area contributed by atoms with E-state index in [9.17, 15) is 13.2 Å². The molecule has 0 aliphatic rings. The first kappa shape index (κ1) is 30.7. The highest BCUT2D eigenvalue weighted by Gasteiger charge is 2.32. The Bertz CT molecular complexity index is 2490. The van der Waals surface area contributed by atoms with Gasteiger partial charge in [-0.15, -0.1) is 0 Å². The van der Waals surface area contributed by atoms with E-state index in [0.717, 1.165) is 45.2 Å². The van der Waals surface area contributed by atoms with Gasteiger partial charge in [0.05, 0.1) is 28.0 Å². The first-order chi connectivity index (χ1) is 24.3. The molecule has 4 heterocycles. The van der Waals surface area contributed by atoms with Crippen LogP contribution >= 0.6 is 0 Å². The quantitative estimate of drug-likeness (QED) is 0.167. The Hall–Kier alpha value is -6.62. The average Bonchev–Trinajstić information content (AvgIpc) is 3.44. The fourth-order valence-corrected chi connectivity index (χ4v) is 5.93. The second-order valence-electron chi connectivity index (χ2n) is 11.5. The van der Waals surface area contributed by atoms with E-state index >= 15 is 0 Å². The number of pyridine rings is 2. The summed E-state index contributed by atoms with van der Waals surface area (Å²) < 4.78 is 56.2. The number of hydrogen-bond acceptors (Lipinski definition) is 7. The number of alkyl halides is 3. The molecule has 0 bridgehead atoms. The summed E-state index contributed by atoms with van der Waals surface area (Å²) >= 11 is 0. The summed E-state index contributed by atoms with van der Waals surface area (Å²) in [6.07, 6.45) is 1.49. The fraction of sp³-hybridized carbons (Fsp3) is 0.0513. The van der Waals surface area contributed by atoms with Crippen molar-refractivity contribution in [1.29, 1.82) is 0 Å². The van der Waals surface area contributed by atoms with Crippen molar-refractivity contribution < 1.29 is 22.6 Å². The highest BCUT2D eigenvalue weighted by atomic mass is 19.4. The minimum Gasteiger partial charge on any atom is -0.457 e. The maximum Gasteiger partial charge on any atom is 0.416 e. The second kappa shape index (κ2) is 12.4. The van der Waals surface area contributed by atoms with Gasteiger partial charge in [-0.25, -0.2) is 15.0 Å². The van der Waals surface area contributed by atoms with E-state index in [1.54, 1.807) is 36.5 Å². The largest absolute Gasteiger partial charge is 0.457 e. The molecule has 8 rings (SSSR count). The van der Waals surface area contributed by atoms with E-state index in [-0.39, 0.29) is 11.3 Å². The number of halogens is 3. The Morgan fingerprint density at radius 1 is 0.560 bits per heavy atom. The molecule has 4 aromatic heterocycles. The molecule has 11 heteroatoms. The van der Waals surface area contributed by atoms with E-state index in [2.05, 4.69) is 31.0 Å². The van der Waals surface area contributed by atoms with Crippen LogP contribution in [0.2, 0.25) is 0 Å². The Balaban J connectivity index is 1.21. The van der Waals surface area contributed by atoms with Gasteiger partial charge in [-0.1, -0.05) is 12.1 Å². The molecule has 0 aliphatic carbocycles. The third kappa shape index (κ3) is 6.08. The van der Waals surface area contributed by atoms with Crippen LogP contribution in [-0.2, 0) is 6.18 Å². The van der Waals surface area contributed by atoms with Crippen LogP contribution in [0, 0.1) is 6.92 Å². The van der Waals surface area contributed by atoms with Gasteiger partial charge in [0.2, 0.25) is 5.95 Å². The molecule has 0 spiro atoms. The lowest BCUT2D eigenvalue weighted by molar-refractivity contribution is -0.137. The smallest absolute Gasteiger partial charge is 0.416 e. The first-order valence-electron chi connectivity index (χ1n) is 15.5. The van der Waals surface area contributed by atoms with Crippen molar-refractivity contribution in [2.75, 3.05) is 0 Å². The van der Waals surface area contributed by atoms with Gasteiger partial charge in [0.1, 0.15) is 35.7 Å². The van der Waals surface area contributed by atoms with E-state index in [1.807, 2.05) is 66.1 Å². The Kier molecular flexibility index (Phi) is 7.64. The van der Waals surface area contributed by atoms with E-state index in [0.29, 0.717) is 34.4 Å². The molecule has 0 aliphatic heterocycles. The lowest BCUT2D eigenvalue weighted by Crippen LogP contribution is -2.05. The molecule has 50 heavy (non-hydrogen) atoms. The summed E-state index contributed by atoms with van der Waals surface area (Å²) in [4.78, 5) is 21.5. The molecule has 0 saturated heterocycles. The third-order valence-corrected chi connectivity index (χ3v) is 8.07. The summed E-state index contributed by atoms with van der Waals surface area (Å²) in [5.74, 6) is 1.91. The van der Waals surface area contributed by atoms with E-state index in [1.165, 1.54) is 24.9 Å². The normalized spacial score (nSPS) is 11.6. The molecule has 0 unspecified atom stereocenters. The molecule has 244 valence electrons. The van der Waals surface area contributed by atoms with Gasteiger partial charge in [-0.3, -0.25) is 14.5 Å². The lowest BCUT2D eigenvalue weighted by Gasteiger charge is -2.13. The SMILES string of the molecule is Cc1cc(Oc2ccc3c4ccc(Oc5cc(-c6ccccn6)cc(C(F)(F)F)c5)cc4n(-c4ncncn4)c3c2)cc(-c2ccccn2)c1. The average molecular weight is 667 g/mol. The molecule has 8 aromatic rings. The van der Waals surface area contributed by atoms with Crippen molar-refractivity contribution >= 4 is 21.8 Å². The number of aryl methyl sites for hydroxylation is 1. The number of rotatable bonds is 7. The zero-order valence-corrected chi connectivity index (χ0v) is 26.3. The van der Waals surface area contributed by atoms with Gasteiger partial charge in [-0.05, 0) is 97.4 Å². The van der Waals surface area contributed by atoms with Crippen molar-refractivity contribution in [2.45, 2.75) is 13.1 Å².